The molecule has 1 atom stereocenters. The van der Waals surface area contributed by atoms with Crippen molar-refractivity contribution in [2.24, 2.45) is 0 Å². The number of carboxylic acids is 1. The standard InChI is InChI=1S/C12H13BrN2O3/c1-3-7(2)15-6-8(12(16)17)11(14-15)9-4-5-10(13)18-9/h4-7H,3H2,1-2H3,(H,16,17). The summed E-state index contributed by atoms with van der Waals surface area (Å²) in [7, 11) is 0. The van der Waals surface area contributed by atoms with Crippen molar-refractivity contribution >= 4 is 21.9 Å². The molecule has 0 aromatic carbocycles. The SMILES string of the molecule is CCC(C)n1cc(C(=O)O)c(-c2ccc(Br)o2)n1. The van der Waals surface area contributed by atoms with Gasteiger partial charge < -0.3 is 9.52 Å². The van der Waals surface area contributed by atoms with Gasteiger partial charge in [-0.3, -0.25) is 4.68 Å². The number of furan rings is 1. The molecule has 6 heteroatoms. The Balaban J connectivity index is 2.51. The van der Waals surface area contributed by atoms with E-state index in [1.807, 2.05) is 13.8 Å². The largest absolute Gasteiger partial charge is 0.478 e. The number of nitrogens with zero attached hydrogens (tertiary/aromatic N) is 2. The van der Waals surface area contributed by atoms with Crippen LogP contribution in [-0.2, 0) is 0 Å². The molecule has 0 fully saturated rings. The van der Waals surface area contributed by atoms with Gasteiger partial charge in [-0.15, -0.1) is 0 Å². The van der Waals surface area contributed by atoms with E-state index in [0.29, 0.717) is 16.1 Å². The lowest BCUT2D eigenvalue weighted by atomic mass is 10.2. The molecule has 2 rings (SSSR count). The fourth-order valence-electron chi connectivity index (χ4n) is 1.58. The number of carboxylic acid groups (broad SMARTS) is 1. The summed E-state index contributed by atoms with van der Waals surface area (Å²) in [5, 5.41) is 13.5. The lowest BCUT2D eigenvalue weighted by molar-refractivity contribution is 0.0697. The molecule has 2 aromatic heterocycles. The van der Waals surface area contributed by atoms with Gasteiger partial charge in [0.25, 0.3) is 0 Å². The summed E-state index contributed by atoms with van der Waals surface area (Å²) in [6, 6.07) is 3.55. The maximum atomic E-state index is 11.2. The number of hydrogen-bond donors (Lipinski definition) is 1. The number of aromatic nitrogens is 2. The molecule has 5 nitrogen and oxygen atoms in total. The van der Waals surface area contributed by atoms with Crippen LogP contribution >= 0.6 is 15.9 Å². The van der Waals surface area contributed by atoms with Gasteiger partial charge in [-0.25, -0.2) is 4.79 Å². The molecule has 0 aliphatic heterocycles. The third-order valence-corrected chi connectivity index (χ3v) is 3.24. The molecule has 0 bridgehead atoms. The van der Waals surface area contributed by atoms with Gasteiger partial charge in [0.1, 0.15) is 11.3 Å². The Morgan fingerprint density at radius 1 is 1.61 bits per heavy atom. The maximum Gasteiger partial charge on any atom is 0.339 e. The van der Waals surface area contributed by atoms with Crippen LogP contribution in [0.5, 0.6) is 0 Å². The molecular weight excluding hydrogens is 300 g/mol. The van der Waals surface area contributed by atoms with E-state index in [0.717, 1.165) is 6.42 Å². The van der Waals surface area contributed by atoms with E-state index in [9.17, 15) is 9.90 Å². The summed E-state index contributed by atoms with van der Waals surface area (Å²) in [4.78, 5) is 11.2. The number of aromatic carboxylic acids is 1. The Labute approximate surface area is 113 Å². The van der Waals surface area contributed by atoms with E-state index >= 15 is 0 Å². The number of halogens is 1. The highest BCUT2D eigenvalue weighted by atomic mass is 79.9. The Kier molecular flexibility index (Phi) is 3.56. The van der Waals surface area contributed by atoms with E-state index in [2.05, 4.69) is 21.0 Å². The summed E-state index contributed by atoms with van der Waals surface area (Å²) < 4.78 is 7.57. The molecular formula is C12H13BrN2O3. The van der Waals surface area contributed by atoms with Gasteiger partial charge >= 0.3 is 5.97 Å². The molecule has 0 saturated carbocycles. The Morgan fingerprint density at radius 3 is 2.83 bits per heavy atom. The van der Waals surface area contributed by atoms with Crippen molar-refractivity contribution in [3.05, 3.63) is 28.6 Å². The number of carbonyl (C=O) groups is 1. The topological polar surface area (TPSA) is 68.3 Å². The van der Waals surface area contributed by atoms with E-state index in [-0.39, 0.29) is 11.6 Å². The second-order valence-corrected chi connectivity index (χ2v) is 4.82. The van der Waals surface area contributed by atoms with Crippen LogP contribution < -0.4 is 0 Å². The predicted octanol–water partition coefficient (Wildman–Crippen LogP) is 3.57. The smallest absolute Gasteiger partial charge is 0.339 e. The van der Waals surface area contributed by atoms with E-state index < -0.39 is 5.97 Å². The highest BCUT2D eigenvalue weighted by molar-refractivity contribution is 9.10. The van der Waals surface area contributed by atoms with Crippen molar-refractivity contribution in [3.63, 3.8) is 0 Å². The normalized spacial score (nSPS) is 12.6. The van der Waals surface area contributed by atoms with Crippen LogP contribution in [0.4, 0.5) is 0 Å². The van der Waals surface area contributed by atoms with Crippen LogP contribution in [0.25, 0.3) is 11.5 Å². The highest BCUT2D eigenvalue weighted by Crippen LogP contribution is 2.28. The zero-order chi connectivity index (χ0) is 13.3. The van der Waals surface area contributed by atoms with Crippen LogP contribution in [0, 0.1) is 0 Å². The Morgan fingerprint density at radius 2 is 2.33 bits per heavy atom. The third-order valence-electron chi connectivity index (χ3n) is 2.81. The van der Waals surface area contributed by atoms with Crippen molar-refractivity contribution in [1.29, 1.82) is 0 Å². The maximum absolute atomic E-state index is 11.2. The monoisotopic (exact) mass is 312 g/mol. The zero-order valence-electron chi connectivity index (χ0n) is 10.1. The van der Waals surface area contributed by atoms with Gasteiger partial charge in [0.2, 0.25) is 0 Å². The van der Waals surface area contributed by atoms with Gasteiger partial charge in [0.05, 0.1) is 0 Å². The van der Waals surface area contributed by atoms with Gasteiger partial charge in [0.15, 0.2) is 10.4 Å². The first kappa shape index (κ1) is 12.9. The molecule has 1 unspecified atom stereocenters. The molecule has 0 spiro atoms. The Bertz CT molecular complexity index is 574. The summed E-state index contributed by atoms with van der Waals surface area (Å²) in [6.45, 7) is 4.01. The molecule has 0 radical (unpaired) electrons. The fraction of sp³-hybridized carbons (Fsp3) is 0.333. The summed E-state index contributed by atoms with van der Waals surface area (Å²) in [5.41, 5.74) is 0.505. The first-order valence-electron chi connectivity index (χ1n) is 5.61. The number of rotatable bonds is 4. The minimum absolute atomic E-state index is 0.148. The van der Waals surface area contributed by atoms with E-state index in [1.54, 1.807) is 23.0 Å². The first-order valence-corrected chi connectivity index (χ1v) is 6.40. The minimum atomic E-state index is -1.01. The second kappa shape index (κ2) is 4.97. The number of hydrogen-bond acceptors (Lipinski definition) is 3. The molecule has 0 aliphatic carbocycles. The van der Waals surface area contributed by atoms with E-state index in [1.165, 1.54) is 0 Å². The van der Waals surface area contributed by atoms with Crippen molar-refractivity contribution in [3.8, 4) is 11.5 Å². The van der Waals surface area contributed by atoms with Crippen molar-refractivity contribution in [2.45, 2.75) is 26.3 Å². The molecule has 2 aromatic rings. The molecule has 0 aliphatic rings. The van der Waals surface area contributed by atoms with Crippen molar-refractivity contribution < 1.29 is 14.3 Å². The van der Waals surface area contributed by atoms with Gasteiger partial charge in [-0.1, -0.05) is 6.92 Å². The zero-order valence-corrected chi connectivity index (χ0v) is 11.6. The highest BCUT2D eigenvalue weighted by Gasteiger charge is 2.20. The van der Waals surface area contributed by atoms with Crippen LogP contribution in [0.3, 0.4) is 0 Å². The van der Waals surface area contributed by atoms with Crippen LogP contribution in [-0.4, -0.2) is 20.9 Å². The summed E-state index contributed by atoms with van der Waals surface area (Å²) in [5.74, 6) is -0.562. The first-order chi connectivity index (χ1) is 8.52. The molecule has 2 heterocycles. The van der Waals surface area contributed by atoms with Crippen LogP contribution in [0.1, 0.15) is 36.7 Å². The molecule has 0 amide bonds. The molecule has 0 saturated heterocycles. The lowest BCUT2D eigenvalue weighted by Gasteiger charge is -2.07. The van der Waals surface area contributed by atoms with Crippen molar-refractivity contribution in [1.82, 2.24) is 9.78 Å². The molecule has 1 N–H and O–H groups in total. The van der Waals surface area contributed by atoms with E-state index in [4.69, 9.17) is 4.42 Å². The third kappa shape index (κ3) is 2.33. The molecule has 18 heavy (non-hydrogen) atoms. The fourth-order valence-corrected chi connectivity index (χ4v) is 1.89. The summed E-state index contributed by atoms with van der Waals surface area (Å²) in [6.07, 6.45) is 2.42. The van der Waals surface area contributed by atoms with Crippen molar-refractivity contribution in [2.75, 3.05) is 0 Å². The molecule has 96 valence electrons. The minimum Gasteiger partial charge on any atom is -0.478 e. The van der Waals surface area contributed by atoms with Gasteiger partial charge in [-0.2, -0.15) is 5.10 Å². The van der Waals surface area contributed by atoms with Crippen LogP contribution in [0.2, 0.25) is 0 Å². The average molecular weight is 313 g/mol. The average Bonchev–Trinajstić information content (AvgIpc) is 2.93. The lowest BCUT2D eigenvalue weighted by Crippen LogP contribution is -2.04. The van der Waals surface area contributed by atoms with Gasteiger partial charge in [0, 0.05) is 12.2 Å². The summed E-state index contributed by atoms with van der Waals surface area (Å²) >= 11 is 3.19. The van der Waals surface area contributed by atoms with Gasteiger partial charge in [-0.05, 0) is 41.4 Å². The van der Waals surface area contributed by atoms with Crippen LogP contribution in [0.15, 0.2) is 27.4 Å². The predicted molar refractivity (Wildman–Crippen MR) is 69.6 cm³/mol. The quantitative estimate of drug-likeness (QED) is 0.937. The second-order valence-electron chi connectivity index (χ2n) is 4.04. The Hall–Kier alpha value is -1.56.